The molecule has 0 spiro atoms. The Balaban J connectivity index is 2.25. The van der Waals surface area contributed by atoms with Gasteiger partial charge in [-0.1, -0.05) is 11.6 Å². The number of rotatable bonds is 4. The van der Waals surface area contributed by atoms with Crippen molar-refractivity contribution < 1.29 is 23.1 Å². The molecule has 0 amide bonds. The number of anilines is 1. The predicted molar refractivity (Wildman–Crippen MR) is 64.2 cm³/mol. The molecule has 0 aromatic heterocycles. The fraction of sp³-hybridized carbons (Fsp3) is 0.417. The van der Waals surface area contributed by atoms with Crippen molar-refractivity contribution in [1.29, 1.82) is 0 Å². The van der Waals surface area contributed by atoms with Gasteiger partial charge >= 0.3 is 12.1 Å². The van der Waals surface area contributed by atoms with Crippen LogP contribution in [0.5, 0.6) is 0 Å². The number of aliphatic carboxylic acids is 1. The van der Waals surface area contributed by atoms with Crippen LogP contribution in [0, 0.1) is 5.92 Å². The lowest BCUT2D eigenvalue weighted by Crippen LogP contribution is -2.31. The molecule has 1 saturated carbocycles. The Kier molecular flexibility index (Phi) is 3.62. The second-order valence-corrected chi connectivity index (χ2v) is 4.90. The highest BCUT2D eigenvalue weighted by Gasteiger charge is 2.37. The highest BCUT2D eigenvalue weighted by molar-refractivity contribution is 6.33. The molecule has 2 N–H and O–H groups in total. The summed E-state index contributed by atoms with van der Waals surface area (Å²) in [6.07, 6.45) is -2.99. The van der Waals surface area contributed by atoms with E-state index in [-0.39, 0.29) is 16.6 Å². The number of halogens is 4. The summed E-state index contributed by atoms with van der Waals surface area (Å²) >= 11 is 5.80. The molecule has 1 unspecified atom stereocenters. The van der Waals surface area contributed by atoms with E-state index < -0.39 is 23.8 Å². The first-order valence-electron chi connectivity index (χ1n) is 5.65. The standard InChI is InChI=1S/C12H11ClF3NO2/c13-8-4-3-7(12(14,15)16)5-9(8)17-10(11(18)19)6-1-2-6/h3-6,10,17H,1-2H2,(H,18,19). The normalized spacial score (nSPS) is 17.1. The van der Waals surface area contributed by atoms with Gasteiger partial charge in [-0.05, 0) is 37.0 Å². The third-order valence-electron chi connectivity index (χ3n) is 2.96. The van der Waals surface area contributed by atoms with Gasteiger partial charge in [0.15, 0.2) is 0 Å². The minimum atomic E-state index is -4.49. The van der Waals surface area contributed by atoms with E-state index in [0.717, 1.165) is 31.0 Å². The van der Waals surface area contributed by atoms with Crippen molar-refractivity contribution in [3.8, 4) is 0 Å². The molecule has 104 valence electrons. The van der Waals surface area contributed by atoms with E-state index in [1.165, 1.54) is 0 Å². The van der Waals surface area contributed by atoms with Crippen molar-refractivity contribution in [2.75, 3.05) is 5.32 Å². The van der Waals surface area contributed by atoms with Gasteiger partial charge in [-0.3, -0.25) is 0 Å². The number of carboxylic acid groups (broad SMARTS) is 1. The van der Waals surface area contributed by atoms with E-state index in [4.69, 9.17) is 16.7 Å². The first-order valence-corrected chi connectivity index (χ1v) is 6.03. The smallest absolute Gasteiger partial charge is 0.416 e. The van der Waals surface area contributed by atoms with E-state index in [1.807, 2.05) is 0 Å². The van der Waals surface area contributed by atoms with Gasteiger partial charge in [0, 0.05) is 0 Å². The van der Waals surface area contributed by atoms with E-state index in [1.54, 1.807) is 0 Å². The number of hydrogen-bond acceptors (Lipinski definition) is 2. The molecule has 0 bridgehead atoms. The Hall–Kier alpha value is -1.43. The fourth-order valence-corrected chi connectivity index (χ4v) is 1.96. The molecule has 1 aliphatic rings. The lowest BCUT2D eigenvalue weighted by molar-refractivity contribution is -0.138. The van der Waals surface area contributed by atoms with Crippen LogP contribution >= 0.6 is 11.6 Å². The maximum atomic E-state index is 12.6. The maximum absolute atomic E-state index is 12.6. The zero-order chi connectivity index (χ0) is 14.2. The van der Waals surface area contributed by atoms with E-state index in [9.17, 15) is 18.0 Å². The van der Waals surface area contributed by atoms with Gasteiger partial charge < -0.3 is 10.4 Å². The molecule has 0 saturated heterocycles. The Labute approximate surface area is 112 Å². The number of nitrogens with one attached hydrogen (secondary N) is 1. The third kappa shape index (κ3) is 3.32. The number of carboxylic acids is 1. The highest BCUT2D eigenvalue weighted by atomic mass is 35.5. The maximum Gasteiger partial charge on any atom is 0.416 e. The fourth-order valence-electron chi connectivity index (χ4n) is 1.79. The van der Waals surface area contributed by atoms with Gasteiger partial charge in [-0.15, -0.1) is 0 Å². The van der Waals surface area contributed by atoms with Crippen molar-refractivity contribution in [2.45, 2.75) is 25.1 Å². The van der Waals surface area contributed by atoms with Crippen LogP contribution in [0.25, 0.3) is 0 Å². The first kappa shape index (κ1) is 14.0. The van der Waals surface area contributed by atoms with Crippen LogP contribution in [0.15, 0.2) is 18.2 Å². The van der Waals surface area contributed by atoms with E-state index in [0.29, 0.717) is 0 Å². The summed E-state index contributed by atoms with van der Waals surface area (Å²) in [5.74, 6) is -1.14. The van der Waals surface area contributed by atoms with Crippen molar-refractivity contribution in [1.82, 2.24) is 0 Å². The first-order chi connectivity index (χ1) is 8.79. The Bertz CT molecular complexity index is 500. The molecule has 0 radical (unpaired) electrons. The average molecular weight is 294 g/mol. The molecule has 1 aliphatic carbocycles. The summed E-state index contributed by atoms with van der Waals surface area (Å²) in [4.78, 5) is 11.1. The summed E-state index contributed by atoms with van der Waals surface area (Å²) in [5.41, 5.74) is -0.866. The summed E-state index contributed by atoms with van der Waals surface area (Å²) in [6.45, 7) is 0. The van der Waals surface area contributed by atoms with Gasteiger partial charge in [-0.2, -0.15) is 13.2 Å². The van der Waals surface area contributed by atoms with Crippen molar-refractivity contribution in [3.05, 3.63) is 28.8 Å². The van der Waals surface area contributed by atoms with Gasteiger partial charge in [0.2, 0.25) is 0 Å². The van der Waals surface area contributed by atoms with Gasteiger partial charge in [-0.25, -0.2) is 4.79 Å². The largest absolute Gasteiger partial charge is 0.480 e. The molecule has 1 aromatic carbocycles. The monoisotopic (exact) mass is 293 g/mol. The molecule has 3 nitrogen and oxygen atoms in total. The Morgan fingerprint density at radius 1 is 1.42 bits per heavy atom. The lowest BCUT2D eigenvalue weighted by Gasteiger charge is -2.17. The van der Waals surface area contributed by atoms with Crippen molar-refractivity contribution >= 4 is 23.3 Å². The van der Waals surface area contributed by atoms with E-state index in [2.05, 4.69) is 5.32 Å². The predicted octanol–water partition coefficient (Wildman–Crippen LogP) is 3.63. The molecular weight excluding hydrogens is 283 g/mol. The van der Waals surface area contributed by atoms with Gasteiger partial charge in [0.1, 0.15) is 6.04 Å². The minimum Gasteiger partial charge on any atom is -0.480 e. The third-order valence-corrected chi connectivity index (χ3v) is 3.29. The summed E-state index contributed by atoms with van der Waals surface area (Å²) < 4.78 is 37.7. The number of alkyl halides is 3. The topological polar surface area (TPSA) is 49.3 Å². The molecule has 0 aliphatic heterocycles. The summed E-state index contributed by atoms with van der Waals surface area (Å²) in [6, 6.07) is 1.90. The number of carbonyl (C=O) groups is 1. The SMILES string of the molecule is O=C(O)C(Nc1cc(C(F)(F)F)ccc1Cl)C1CC1. The molecule has 7 heteroatoms. The molecule has 0 heterocycles. The second kappa shape index (κ2) is 4.92. The highest BCUT2D eigenvalue weighted by Crippen LogP contribution is 2.37. The molecule has 1 fully saturated rings. The summed E-state index contributed by atoms with van der Waals surface area (Å²) in [5, 5.41) is 11.7. The molecule has 2 rings (SSSR count). The van der Waals surface area contributed by atoms with Crippen LogP contribution in [0.1, 0.15) is 18.4 Å². The molecule has 1 aromatic rings. The zero-order valence-corrected chi connectivity index (χ0v) is 10.4. The quantitative estimate of drug-likeness (QED) is 0.891. The Morgan fingerprint density at radius 3 is 2.53 bits per heavy atom. The van der Waals surface area contributed by atoms with Crippen molar-refractivity contribution in [3.63, 3.8) is 0 Å². The van der Waals surface area contributed by atoms with Gasteiger partial charge in [0.25, 0.3) is 0 Å². The van der Waals surface area contributed by atoms with Crippen LogP contribution in [-0.4, -0.2) is 17.1 Å². The van der Waals surface area contributed by atoms with E-state index >= 15 is 0 Å². The number of benzene rings is 1. The zero-order valence-electron chi connectivity index (χ0n) is 9.67. The van der Waals surface area contributed by atoms with Crippen LogP contribution in [0.3, 0.4) is 0 Å². The van der Waals surface area contributed by atoms with Crippen LogP contribution in [0.2, 0.25) is 5.02 Å². The molecular formula is C12H11ClF3NO2. The van der Waals surface area contributed by atoms with Crippen molar-refractivity contribution in [2.24, 2.45) is 5.92 Å². The Morgan fingerprint density at radius 2 is 2.05 bits per heavy atom. The molecule has 19 heavy (non-hydrogen) atoms. The second-order valence-electron chi connectivity index (χ2n) is 4.49. The average Bonchev–Trinajstić information content (AvgIpc) is 3.09. The molecule has 1 atom stereocenters. The van der Waals surface area contributed by atoms with Crippen LogP contribution in [-0.2, 0) is 11.0 Å². The number of hydrogen-bond donors (Lipinski definition) is 2. The van der Waals surface area contributed by atoms with Crippen LogP contribution in [0.4, 0.5) is 18.9 Å². The lowest BCUT2D eigenvalue weighted by atomic mass is 10.1. The summed E-state index contributed by atoms with van der Waals surface area (Å²) in [7, 11) is 0. The minimum absolute atomic E-state index is 0.00390. The van der Waals surface area contributed by atoms with Crippen LogP contribution < -0.4 is 5.32 Å². The van der Waals surface area contributed by atoms with Gasteiger partial charge in [0.05, 0.1) is 16.3 Å².